The summed E-state index contributed by atoms with van der Waals surface area (Å²) in [6, 6.07) is 14.2. The van der Waals surface area contributed by atoms with E-state index in [-0.39, 0.29) is 23.8 Å². The maximum absolute atomic E-state index is 12.9. The van der Waals surface area contributed by atoms with Crippen LogP contribution in [0.2, 0.25) is 0 Å². The minimum Gasteiger partial charge on any atom is -0.497 e. The van der Waals surface area contributed by atoms with Gasteiger partial charge in [0, 0.05) is 57.2 Å². The van der Waals surface area contributed by atoms with E-state index < -0.39 is 0 Å². The quantitative estimate of drug-likeness (QED) is 0.613. The van der Waals surface area contributed by atoms with Gasteiger partial charge in [-0.25, -0.2) is 4.98 Å². The highest BCUT2D eigenvalue weighted by atomic mass is 16.5. The smallest absolute Gasteiger partial charge is 0.238 e. The zero-order chi connectivity index (χ0) is 24.7. The Morgan fingerprint density at radius 1 is 1.14 bits per heavy atom. The molecule has 2 amide bonds. The Labute approximate surface area is 205 Å². The van der Waals surface area contributed by atoms with E-state index in [0.29, 0.717) is 12.5 Å². The summed E-state index contributed by atoms with van der Waals surface area (Å²) in [4.78, 5) is 34.1. The Hall–Kier alpha value is -3.39. The van der Waals surface area contributed by atoms with E-state index >= 15 is 0 Å². The van der Waals surface area contributed by atoms with Crippen LogP contribution in [-0.4, -0.2) is 70.5 Å². The molecule has 3 heterocycles. The lowest BCUT2D eigenvalue weighted by Gasteiger charge is -2.38. The van der Waals surface area contributed by atoms with Crippen molar-refractivity contribution in [2.24, 2.45) is 13.0 Å². The number of ether oxygens (including phenoxy) is 1. The van der Waals surface area contributed by atoms with Gasteiger partial charge in [0.1, 0.15) is 11.6 Å². The third-order valence-electron chi connectivity index (χ3n) is 7.72. The molecule has 0 unspecified atom stereocenters. The van der Waals surface area contributed by atoms with Crippen molar-refractivity contribution in [1.82, 2.24) is 19.4 Å². The topological polar surface area (TPSA) is 79.7 Å². The number of rotatable bonds is 5. The van der Waals surface area contributed by atoms with E-state index in [1.54, 1.807) is 14.0 Å². The third-order valence-corrected chi connectivity index (χ3v) is 7.72. The van der Waals surface area contributed by atoms with Gasteiger partial charge in [-0.1, -0.05) is 12.1 Å². The van der Waals surface area contributed by atoms with E-state index in [1.807, 2.05) is 53.8 Å². The number of likely N-dealkylation sites (tertiary alicyclic amines) is 2. The standard InChI is InChI=1S/C27H33N5O3/c1-17-28-24-13-20(7-10-26(24)30(17)3)29-27(34)16-31-12-11-25-23(14-31)22(15-32(25)18(2)33)19-5-8-21(35-4)9-6-19/h5-10,13,22-23,25H,11-12,14-16H2,1-4H3,(H,29,34)/t22-,23-,25-/m1/s1. The first kappa shape index (κ1) is 23.4. The number of hydrogen-bond acceptors (Lipinski definition) is 5. The Morgan fingerprint density at radius 2 is 1.91 bits per heavy atom. The molecule has 8 heteroatoms. The Bertz CT molecular complexity index is 1250. The number of methoxy groups -OCH3 is 1. The molecular formula is C27H33N5O3. The minimum atomic E-state index is -0.0297. The molecular weight excluding hydrogens is 442 g/mol. The van der Waals surface area contributed by atoms with Crippen molar-refractivity contribution >= 4 is 28.5 Å². The van der Waals surface area contributed by atoms with Gasteiger partial charge in [-0.05, 0) is 49.2 Å². The third kappa shape index (κ3) is 4.50. The van der Waals surface area contributed by atoms with Crippen LogP contribution < -0.4 is 10.1 Å². The van der Waals surface area contributed by atoms with Gasteiger partial charge in [0.25, 0.3) is 0 Å². The maximum Gasteiger partial charge on any atom is 0.238 e. The molecule has 2 fully saturated rings. The first-order chi connectivity index (χ1) is 16.8. The van der Waals surface area contributed by atoms with Gasteiger partial charge in [0.15, 0.2) is 0 Å². The molecule has 0 radical (unpaired) electrons. The molecule has 184 valence electrons. The van der Waals surface area contributed by atoms with Crippen LogP contribution in [0.4, 0.5) is 5.69 Å². The second-order valence-corrected chi connectivity index (χ2v) is 9.78. The molecule has 3 aromatic rings. The Kier molecular flexibility index (Phi) is 6.23. The number of benzene rings is 2. The summed E-state index contributed by atoms with van der Waals surface area (Å²) in [5.41, 5.74) is 3.90. The number of nitrogens with one attached hydrogen (secondary N) is 1. The summed E-state index contributed by atoms with van der Waals surface area (Å²) < 4.78 is 7.35. The van der Waals surface area contributed by atoms with Crippen LogP contribution in [0, 0.1) is 12.8 Å². The first-order valence-corrected chi connectivity index (χ1v) is 12.2. The minimum absolute atomic E-state index is 0.0297. The number of amides is 2. The molecule has 8 nitrogen and oxygen atoms in total. The van der Waals surface area contributed by atoms with Crippen molar-refractivity contribution in [2.45, 2.75) is 32.2 Å². The highest BCUT2D eigenvalue weighted by Crippen LogP contribution is 2.41. The van der Waals surface area contributed by atoms with E-state index in [4.69, 9.17) is 4.74 Å². The van der Waals surface area contributed by atoms with Crippen molar-refractivity contribution in [3.05, 3.63) is 53.9 Å². The van der Waals surface area contributed by atoms with E-state index in [9.17, 15) is 9.59 Å². The highest BCUT2D eigenvalue weighted by molar-refractivity contribution is 5.94. The second-order valence-electron chi connectivity index (χ2n) is 9.78. The Balaban J connectivity index is 1.27. The molecule has 1 aromatic heterocycles. The van der Waals surface area contributed by atoms with Crippen LogP contribution in [0.15, 0.2) is 42.5 Å². The van der Waals surface area contributed by atoms with Gasteiger partial charge in [-0.3, -0.25) is 14.5 Å². The lowest BCUT2D eigenvalue weighted by molar-refractivity contribution is -0.131. The number of hydrogen-bond donors (Lipinski definition) is 1. The van der Waals surface area contributed by atoms with Gasteiger partial charge in [-0.15, -0.1) is 0 Å². The summed E-state index contributed by atoms with van der Waals surface area (Å²) in [5.74, 6) is 2.40. The van der Waals surface area contributed by atoms with Crippen LogP contribution in [0.5, 0.6) is 5.75 Å². The number of aromatic nitrogens is 2. The monoisotopic (exact) mass is 475 g/mol. The van der Waals surface area contributed by atoms with Crippen LogP contribution in [0.1, 0.15) is 30.7 Å². The molecule has 5 rings (SSSR count). The summed E-state index contributed by atoms with van der Waals surface area (Å²) in [6.07, 6.45) is 0.878. The molecule has 1 N–H and O–H groups in total. The van der Waals surface area contributed by atoms with Crippen LogP contribution in [0.25, 0.3) is 11.0 Å². The number of carbonyl (C=O) groups excluding carboxylic acids is 2. The normalized spacial score (nSPS) is 22.3. The number of fused-ring (bicyclic) bond motifs is 2. The van der Waals surface area contributed by atoms with E-state index in [0.717, 1.165) is 54.3 Å². The fourth-order valence-corrected chi connectivity index (χ4v) is 5.82. The molecule has 0 aliphatic carbocycles. The molecule has 3 atom stereocenters. The molecule has 2 aliphatic rings. The van der Waals surface area contributed by atoms with Gasteiger partial charge < -0.3 is 19.5 Å². The van der Waals surface area contributed by atoms with Crippen molar-refractivity contribution in [3.63, 3.8) is 0 Å². The fraction of sp³-hybridized carbons (Fsp3) is 0.444. The molecule has 2 aliphatic heterocycles. The van der Waals surface area contributed by atoms with Crippen LogP contribution in [-0.2, 0) is 16.6 Å². The fourth-order valence-electron chi connectivity index (χ4n) is 5.82. The van der Waals surface area contributed by atoms with Gasteiger partial charge in [0.05, 0.1) is 24.7 Å². The summed E-state index contributed by atoms with van der Waals surface area (Å²) in [6.45, 7) is 6.27. The largest absolute Gasteiger partial charge is 0.497 e. The lowest BCUT2D eigenvalue weighted by atomic mass is 9.82. The molecule has 2 saturated heterocycles. The number of nitrogens with zero attached hydrogens (tertiary/aromatic N) is 4. The van der Waals surface area contributed by atoms with Crippen molar-refractivity contribution in [1.29, 1.82) is 0 Å². The van der Waals surface area contributed by atoms with Crippen LogP contribution >= 0.6 is 0 Å². The summed E-state index contributed by atoms with van der Waals surface area (Å²) in [7, 11) is 3.65. The molecule has 35 heavy (non-hydrogen) atoms. The van der Waals surface area contributed by atoms with Crippen molar-refractivity contribution in [3.8, 4) is 5.75 Å². The highest BCUT2D eigenvalue weighted by Gasteiger charge is 2.46. The predicted molar refractivity (Wildman–Crippen MR) is 136 cm³/mol. The van der Waals surface area contributed by atoms with Gasteiger partial charge in [0.2, 0.25) is 11.8 Å². The molecule has 0 bridgehead atoms. The molecule has 0 saturated carbocycles. The predicted octanol–water partition coefficient (Wildman–Crippen LogP) is 3.17. The van der Waals surface area contributed by atoms with Crippen LogP contribution in [0.3, 0.4) is 0 Å². The van der Waals surface area contributed by atoms with E-state index in [2.05, 4.69) is 27.3 Å². The average Bonchev–Trinajstić information content (AvgIpc) is 3.36. The first-order valence-electron chi connectivity index (χ1n) is 12.2. The Morgan fingerprint density at radius 3 is 2.63 bits per heavy atom. The summed E-state index contributed by atoms with van der Waals surface area (Å²) in [5, 5.41) is 3.04. The number of anilines is 1. The summed E-state index contributed by atoms with van der Waals surface area (Å²) >= 11 is 0. The number of imidazole rings is 1. The van der Waals surface area contributed by atoms with Crippen molar-refractivity contribution < 1.29 is 14.3 Å². The average molecular weight is 476 g/mol. The second kappa shape index (κ2) is 9.34. The lowest BCUT2D eigenvalue weighted by Crippen LogP contribution is -2.49. The SMILES string of the molecule is COc1ccc([C@H]2CN(C(C)=O)[C@@H]3CCN(CC(=O)Nc4ccc5c(c4)nc(C)n5C)C[C@H]23)cc1. The van der Waals surface area contributed by atoms with Crippen molar-refractivity contribution in [2.75, 3.05) is 38.6 Å². The van der Waals surface area contributed by atoms with E-state index in [1.165, 1.54) is 5.56 Å². The number of piperidine rings is 1. The van der Waals surface area contributed by atoms with Gasteiger partial charge in [-0.2, -0.15) is 0 Å². The van der Waals surface area contributed by atoms with Gasteiger partial charge >= 0.3 is 0 Å². The number of carbonyl (C=O) groups is 2. The maximum atomic E-state index is 12.9. The molecule has 0 spiro atoms. The number of aryl methyl sites for hydroxylation is 2. The molecule has 2 aromatic carbocycles. The zero-order valence-corrected chi connectivity index (χ0v) is 20.8. The zero-order valence-electron chi connectivity index (χ0n) is 20.8.